The molecule has 2 rings (SSSR count). The van der Waals surface area contributed by atoms with Gasteiger partial charge in [0.25, 0.3) is 0 Å². The summed E-state index contributed by atoms with van der Waals surface area (Å²) in [4.78, 5) is 24.2. The van der Waals surface area contributed by atoms with Gasteiger partial charge in [0.05, 0.1) is 26.2 Å². The van der Waals surface area contributed by atoms with Crippen LogP contribution in [0.25, 0.3) is 0 Å². The van der Waals surface area contributed by atoms with Crippen molar-refractivity contribution in [1.29, 1.82) is 0 Å². The second-order valence-electron chi connectivity index (χ2n) is 5.25. The normalized spacial score (nSPS) is 18.2. The van der Waals surface area contributed by atoms with Crippen molar-refractivity contribution in [1.82, 2.24) is 0 Å². The van der Waals surface area contributed by atoms with Gasteiger partial charge in [-0.05, 0) is 6.92 Å². The molecule has 1 fully saturated rings. The van der Waals surface area contributed by atoms with E-state index in [0.29, 0.717) is 25.2 Å². The van der Waals surface area contributed by atoms with Gasteiger partial charge in [-0.15, -0.1) is 0 Å². The number of carbonyl (C=O) groups is 2. The monoisotopic (exact) mass is 292 g/mol. The molecule has 1 heterocycles. The van der Waals surface area contributed by atoms with Crippen LogP contribution < -0.4 is 0 Å². The van der Waals surface area contributed by atoms with Crippen molar-refractivity contribution in [3.05, 3.63) is 35.9 Å². The fourth-order valence-corrected chi connectivity index (χ4v) is 2.49. The number of ether oxygens (including phenoxy) is 3. The molecule has 1 atom stereocenters. The quantitative estimate of drug-likeness (QED) is 0.594. The van der Waals surface area contributed by atoms with E-state index in [-0.39, 0.29) is 12.2 Å². The van der Waals surface area contributed by atoms with Gasteiger partial charge >= 0.3 is 5.97 Å². The predicted molar refractivity (Wildman–Crippen MR) is 75.8 cm³/mol. The molecular weight excluding hydrogens is 272 g/mol. The number of esters is 1. The van der Waals surface area contributed by atoms with E-state index in [1.54, 1.807) is 31.2 Å². The lowest BCUT2D eigenvalue weighted by molar-refractivity contribution is -0.169. The van der Waals surface area contributed by atoms with Crippen LogP contribution in [0, 0.1) is 5.92 Å². The van der Waals surface area contributed by atoms with Gasteiger partial charge in [0.15, 0.2) is 11.6 Å². The second-order valence-corrected chi connectivity index (χ2v) is 5.25. The van der Waals surface area contributed by atoms with Crippen LogP contribution >= 0.6 is 0 Å². The van der Waals surface area contributed by atoms with Crippen molar-refractivity contribution in [2.24, 2.45) is 5.92 Å². The minimum absolute atomic E-state index is 0.0823. The maximum Gasteiger partial charge on any atom is 0.309 e. The highest BCUT2D eigenvalue weighted by Gasteiger charge is 2.37. The summed E-state index contributed by atoms with van der Waals surface area (Å²) in [5, 5.41) is 0. The first-order valence-corrected chi connectivity index (χ1v) is 6.98. The standard InChI is InChI=1S/C16H20O5/c1-16(20-8-9-21-16)11-13(15(18)19-2)10-14(17)12-6-4-3-5-7-12/h3-7,13H,8-11H2,1-2H3. The van der Waals surface area contributed by atoms with Gasteiger partial charge in [-0.3, -0.25) is 9.59 Å². The number of carbonyl (C=O) groups excluding carboxylic acids is 2. The minimum atomic E-state index is -0.824. The Morgan fingerprint density at radius 1 is 1.24 bits per heavy atom. The zero-order chi connectivity index (χ0) is 15.3. The molecule has 1 aromatic rings. The number of rotatable bonds is 6. The largest absolute Gasteiger partial charge is 0.469 e. The van der Waals surface area contributed by atoms with Crippen LogP contribution in [0.2, 0.25) is 0 Å². The second kappa shape index (κ2) is 6.83. The zero-order valence-electron chi connectivity index (χ0n) is 12.3. The Hall–Kier alpha value is -1.72. The molecule has 0 aromatic heterocycles. The van der Waals surface area contributed by atoms with Crippen LogP contribution in [0.4, 0.5) is 0 Å². The molecule has 114 valence electrons. The maximum absolute atomic E-state index is 12.3. The Kier molecular flexibility index (Phi) is 5.09. The van der Waals surface area contributed by atoms with Crippen molar-refractivity contribution in [3.63, 3.8) is 0 Å². The highest BCUT2D eigenvalue weighted by atomic mass is 16.7. The molecule has 0 saturated carbocycles. The van der Waals surface area contributed by atoms with E-state index in [4.69, 9.17) is 14.2 Å². The van der Waals surface area contributed by atoms with Gasteiger partial charge < -0.3 is 14.2 Å². The van der Waals surface area contributed by atoms with Crippen LogP contribution in [0.5, 0.6) is 0 Å². The van der Waals surface area contributed by atoms with Crippen LogP contribution in [0.3, 0.4) is 0 Å². The fourth-order valence-electron chi connectivity index (χ4n) is 2.49. The van der Waals surface area contributed by atoms with Crippen molar-refractivity contribution >= 4 is 11.8 Å². The van der Waals surface area contributed by atoms with E-state index >= 15 is 0 Å². The van der Waals surface area contributed by atoms with E-state index in [1.165, 1.54) is 7.11 Å². The predicted octanol–water partition coefficient (Wildman–Crippen LogP) is 2.20. The van der Waals surface area contributed by atoms with Gasteiger partial charge in [0, 0.05) is 18.4 Å². The molecule has 0 amide bonds. The van der Waals surface area contributed by atoms with Crippen molar-refractivity contribution in [2.75, 3.05) is 20.3 Å². The molecule has 1 aromatic carbocycles. The molecule has 5 heteroatoms. The lowest BCUT2D eigenvalue weighted by Crippen LogP contribution is -2.33. The van der Waals surface area contributed by atoms with Crippen molar-refractivity contribution in [2.45, 2.75) is 25.6 Å². The minimum Gasteiger partial charge on any atom is -0.469 e. The van der Waals surface area contributed by atoms with E-state index in [0.717, 1.165) is 0 Å². The average Bonchev–Trinajstić information content (AvgIpc) is 2.93. The molecular formula is C16H20O5. The van der Waals surface area contributed by atoms with Gasteiger partial charge in [-0.1, -0.05) is 30.3 Å². The number of benzene rings is 1. The number of methoxy groups -OCH3 is 1. The molecule has 0 spiro atoms. The smallest absolute Gasteiger partial charge is 0.309 e. The number of hydrogen-bond acceptors (Lipinski definition) is 5. The van der Waals surface area contributed by atoms with Crippen molar-refractivity contribution < 1.29 is 23.8 Å². The van der Waals surface area contributed by atoms with Crippen LogP contribution in [0.1, 0.15) is 30.1 Å². The molecule has 1 aliphatic rings. The van der Waals surface area contributed by atoms with Crippen LogP contribution in [0.15, 0.2) is 30.3 Å². The van der Waals surface area contributed by atoms with Gasteiger partial charge in [0.1, 0.15) is 0 Å². The summed E-state index contributed by atoms with van der Waals surface area (Å²) < 4.78 is 15.8. The Morgan fingerprint density at radius 3 is 2.43 bits per heavy atom. The van der Waals surface area contributed by atoms with E-state index in [1.807, 2.05) is 6.07 Å². The SMILES string of the molecule is COC(=O)C(CC(=O)c1ccccc1)CC1(C)OCCO1. The molecule has 1 saturated heterocycles. The Morgan fingerprint density at radius 2 is 1.86 bits per heavy atom. The molecule has 1 unspecified atom stereocenters. The molecule has 0 bridgehead atoms. The third kappa shape index (κ3) is 4.12. The number of ketones is 1. The fraction of sp³-hybridized carbons (Fsp3) is 0.500. The summed E-state index contributed by atoms with van der Waals surface area (Å²) in [6, 6.07) is 8.91. The molecule has 1 aliphatic heterocycles. The summed E-state index contributed by atoms with van der Waals surface area (Å²) in [6.07, 6.45) is 0.386. The van der Waals surface area contributed by atoms with Gasteiger partial charge in [-0.2, -0.15) is 0 Å². The van der Waals surface area contributed by atoms with E-state index in [9.17, 15) is 9.59 Å². The van der Waals surface area contributed by atoms with E-state index in [2.05, 4.69) is 0 Å². The summed E-state index contributed by atoms with van der Waals surface area (Å²) in [5.74, 6) is -1.91. The van der Waals surface area contributed by atoms with E-state index < -0.39 is 17.7 Å². The third-order valence-corrected chi connectivity index (χ3v) is 3.58. The first kappa shape index (κ1) is 15.7. The van der Waals surface area contributed by atoms with Gasteiger partial charge in [-0.25, -0.2) is 0 Å². The lowest BCUT2D eigenvalue weighted by Gasteiger charge is -2.26. The van der Waals surface area contributed by atoms with Gasteiger partial charge in [0.2, 0.25) is 0 Å². The summed E-state index contributed by atoms with van der Waals surface area (Å²) in [7, 11) is 1.32. The zero-order valence-corrected chi connectivity index (χ0v) is 12.3. The first-order chi connectivity index (χ1) is 10.0. The third-order valence-electron chi connectivity index (χ3n) is 3.58. The number of hydrogen-bond donors (Lipinski definition) is 0. The van der Waals surface area contributed by atoms with Crippen LogP contribution in [-0.4, -0.2) is 37.9 Å². The highest BCUT2D eigenvalue weighted by Crippen LogP contribution is 2.29. The maximum atomic E-state index is 12.3. The lowest BCUT2D eigenvalue weighted by atomic mass is 9.92. The highest BCUT2D eigenvalue weighted by molar-refractivity contribution is 5.98. The average molecular weight is 292 g/mol. The molecule has 0 aliphatic carbocycles. The Labute approximate surface area is 124 Å². The Balaban J connectivity index is 2.06. The topological polar surface area (TPSA) is 61.8 Å². The first-order valence-electron chi connectivity index (χ1n) is 6.98. The molecule has 0 radical (unpaired) electrons. The molecule has 21 heavy (non-hydrogen) atoms. The molecule has 5 nitrogen and oxygen atoms in total. The summed E-state index contributed by atoms with van der Waals surface area (Å²) in [6.45, 7) is 2.77. The summed E-state index contributed by atoms with van der Waals surface area (Å²) in [5.41, 5.74) is 0.588. The van der Waals surface area contributed by atoms with Crippen molar-refractivity contribution in [3.8, 4) is 0 Å². The molecule has 0 N–H and O–H groups in total. The van der Waals surface area contributed by atoms with Crippen LogP contribution in [-0.2, 0) is 19.0 Å². The summed E-state index contributed by atoms with van der Waals surface area (Å²) >= 11 is 0. The Bertz CT molecular complexity index is 491. The number of Topliss-reactive ketones (excluding diaryl/α,β-unsaturated/α-hetero) is 1.